The number of hydrogen-bond donors (Lipinski definition) is 2. The van der Waals surface area contributed by atoms with Gasteiger partial charge in [0, 0.05) is 11.8 Å². The lowest BCUT2D eigenvalue weighted by atomic mass is 9.56. The van der Waals surface area contributed by atoms with E-state index in [0.717, 1.165) is 19.3 Å². The molecule has 1 aromatic rings. The number of fused-ring (bicyclic) bond motifs is 1. The highest BCUT2D eigenvalue weighted by atomic mass is 16.5. The van der Waals surface area contributed by atoms with Crippen LogP contribution in [0.1, 0.15) is 70.7 Å². The van der Waals surface area contributed by atoms with Gasteiger partial charge in [0.2, 0.25) is 0 Å². The number of carbonyl (C=O) groups is 1. The normalized spacial score (nSPS) is 36.1. The standard InChI is InChI=1S/C23H32O4/c1-15(2)23(26)13-12-21(4)11-10-16(3)14-19(22(21,23)5)27-20(25)17-6-8-18(24)9-7-17/h6-10,15,19,24,26H,11-14H2,1-5H3/t19-,21-,22?,23+/m0/s1. The molecule has 0 aromatic heterocycles. The van der Waals surface area contributed by atoms with Crippen LogP contribution in [-0.4, -0.2) is 27.9 Å². The summed E-state index contributed by atoms with van der Waals surface area (Å²) in [7, 11) is 0. The number of aliphatic hydroxyl groups is 1. The highest BCUT2D eigenvalue weighted by Crippen LogP contribution is 2.66. The smallest absolute Gasteiger partial charge is 0.338 e. The number of hydrogen-bond acceptors (Lipinski definition) is 4. The molecule has 2 aliphatic carbocycles. The monoisotopic (exact) mass is 372 g/mol. The van der Waals surface area contributed by atoms with Gasteiger partial charge in [0.1, 0.15) is 11.9 Å². The molecule has 0 bridgehead atoms. The molecule has 4 atom stereocenters. The Balaban J connectivity index is 2.01. The molecule has 2 N–H and O–H groups in total. The van der Waals surface area contributed by atoms with Gasteiger partial charge in [-0.05, 0) is 61.8 Å². The van der Waals surface area contributed by atoms with Crippen LogP contribution < -0.4 is 0 Å². The third-order valence-corrected chi connectivity index (χ3v) is 7.57. The van der Waals surface area contributed by atoms with Gasteiger partial charge in [-0.1, -0.05) is 39.3 Å². The largest absolute Gasteiger partial charge is 0.508 e. The van der Waals surface area contributed by atoms with E-state index in [1.54, 1.807) is 12.1 Å². The fraction of sp³-hybridized carbons (Fsp3) is 0.609. The van der Waals surface area contributed by atoms with Crippen molar-refractivity contribution in [1.29, 1.82) is 0 Å². The average molecular weight is 373 g/mol. The predicted octanol–water partition coefficient (Wildman–Crippen LogP) is 4.85. The SMILES string of the molecule is CC1=CC[C@@]2(C)CC[C@@](O)(C(C)C)C2(C)[C@@H](OC(=O)c2ccc(O)cc2)C1. The first kappa shape index (κ1) is 19.9. The van der Waals surface area contributed by atoms with Gasteiger partial charge in [-0.25, -0.2) is 4.79 Å². The molecule has 27 heavy (non-hydrogen) atoms. The van der Waals surface area contributed by atoms with E-state index in [0.29, 0.717) is 12.0 Å². The molecule has 4 nitrogen and oxygen atoms in total. The number of phenols is 1. The minimum Gasteiger partial charge on any atom is -0.508 e. The van der Waals surface area contributed by atoms with Crippen molar-refractivity contribution < 1.29 is 19.7 Å². The van der Waals surface area contributed by atoms with E-state index in [4.69, 9.17) is 4.74 Å². The third kappa shape index (κ3) is 2.98. The number of phenolic OH excluding ortho intramolecular Hbond substituents is 1. The van der Waals surface area contributed by atoms with Crippen molar-refractivity contribution in [3.8, 4) is 5.75 Å². The lowest BCUT2D eigenvalue weighted by molar-refractivity contribution is -0.176. The van der Waals surface area contributed by atoms with Crippen LogP contribution in [0.2, 0.25) is 0 Å². The first-order valence-electron chi connectivity index (χ1n) is 9.91. The molecule has 0 saturated heterocycles. The van der Waals surface area contributed by atoms with Gasteiger partial charge in [0.05, 0.1) is 11.2 Å². The van der Waals surface area contributed by atoms with Gasteiger partial charge in [0.25, 0.3) is 0 Å². The molecule has 0 heterocycles. The summed E-state index contributed by atoms with van der Waals surface area (Å²) in [6, 6.07) is 6.12. The van der Waals surface area contributed by atoms with Crippen molar-refractivity contribution >= 4 is 5.97 Å². The van der Waals surface area contributed by atoms with Crippen molar-refractivity contribution in [1.82, 2.24) is 0 Å². The quantitative estimate of drug-likeness (QED) is 0.588. The molecule has 148 valence electrons. The van der Waals surface area contributed by atoms with E-state index in [2.05, 4.69) is 40.7 Å². The molecular formula is C23H32O4. The molecule has 4 heteroatoms. The van der Waals surface area contributed by atoms with Gasteiger partial charge in [-0.2, -0.15) is 0 Å². The Morgan fingerprint density at radius 3 is 2.41 bits per heavy atom. The topological polar surface area (TPSA) is 66.8 Å². The highest BCUT2D eigenvalue weighted by Gasteiger charge is 2.67. The molecule has 0 amide bonds. The Hall–Kier alpha value is -1.81. The number of carbonyl (C=O) groups excluding carboxylic acids is 1. The summed E-state index contributed by atoms with van der Waals surface area (Å²) in [5.74, 6) is -0.224. The maximum atomic E-state index is 12.9. The van der Waals surface area contributed by atoms with Gasteiger partial charge in [-0.15, -0.1) is 0 Å². The zero-order valence-corrected chi connectivity index (χ0v) is 17.1. The summed E-state index contributed by atoms with van der Waals surface area (Å²) in [5, 5.41) is 21.2. The molecule has 3 rings (SSSR count). The van der Waals surface area contributed by atoms with Crippen LogP contribution in [0.3, 0.4) is 0 Å². The lowest BCUT2D eigenvalue weighted by Crippen LogP contribution is -2.59. The number of benzene rings is 1. The van der Waals surface area contributed by atoms with Crippen molar-refractivity contribution in [2.75, 3.05) is 0 Å². The molecule has 1 saturated carbocycles. The van der Waals surface area contributed by atoms with Gasteiger partial charge in [0.15, 0.2) is 0 Å². The Morgan fingerprint density at radius 1 is 1.19 bits per heavy atom. The zero-order chi connectivity index (χ0) is 20.0. The number of rotatable bonds is 3. The number of aromatic hydroxyl groups is 1. The molecule has 1 unspecified atom stereocenters. The summed E-state index contributed by atoms with van der Waals surface area (Å²) in [4.78, 5) is 12.9. The highest BCUT2D eigenvalue weighted by molar-refractivity contribution is 5.89. The van der Waals surface area contributed by atoms with Crippen LogP contribution in [0.25, 0.3) is 0 Å². The number of esters is 1. The van der Waals surface area contributed by atoms with Gasteiger partial charge < -0.3 is 14.9 Å². The second kappa shape index (κ2) is 6.66. The summed E-state index contributed by atoms with van der Waals surface area (Å²) in [6.07, 6.45) is 4.99. The van der Waals surface area contributed by atoms with E-state index < -0.39 is 23.1 Å². The van der Waals surface area contributed by atoms with Gasteiger partial charge >= 0.3 is 5.97 Å². The van der Waals surface area contributed by atoms with Gasteiger partial charge in [-0.3, -0.25) is 0 Å². The second-order valence-corrected chi connectivity index (χ2v) is 9.24. The maximum absolute atomic E-state index is 12.9. The Kier molecular flexibility index (Phi) is 4.92. The van der Waals surface area contributed by atoms with Crippen LogP contribution in [0.4, 0.5) is 0 Å². The molecule has 0 radical (unpaired) electrons. The van der Waals surface area contributed by atoms with E-state index in [1.165, 1.54) is 17.7 Å². The molecule has 1 fully saturated rings. The number of allylic oxidation sites excluding steroid dienone is 1. The summed E-state index contributed by atoms with van der Waals surface area (Å²) >= 11 is 0. The van der Waals surface area contributed by atoms with Crippen LogP contribution in [-0.2, 0) is 4.74 Å². The Morgan fingerprint density at radius 2 is 1.81 bits per heavy atom. The molecular weight excluding hydrogens is 340 g/mol. The fourth-order valence-electron chi connectivity index (χ4n) is 5.31. The molecule has 0 aliphatic heterocycles. The van der Waals surface area contributed by atoms with Crippen molar-refractivity contribution in [2.45, 2.75) is 72.0 Å². The van der Waals surface area contributed by atoms with E-state index in [1.807, 2.05) is 0 Å². The lowest BCUT2D eigenvalue weighted by Gasteiger charge is -2.53. The average Bonchev–Trinajstić information content (AvgIpc) is 2.77. The zero-order valence-electron chi connectivity index (χ0n) is 17.1. The minimum atomic E-state index is -0.889. The third-order valence-electron chi connectivity index (χ3n) is 7.57. The van der Waals surface area contributed by atoms with Crippen molar-refractivity contribution in [2.24, 2.45) is 16.7 Å². The summed E-state index contributed by atoms with van der Waals surface area (Å²) < 4.78 is 6.07. The number of ether oxygens (including phenoxy) is 1. The van der Waals surface area contributed by atoms with Crippen LogP contribution in [0.5, 0.6) is 5.75 Å². The molecule has 0 spiro atoms. The molecule has 2 aliphatic rings. The van der Waals surface area contributed by atoms with E-state index in [-0.39, 0.29) is 17.1 Å². The summed E-state index contributed by atoms with van der Waals surface area (Å²) in [5.41, 5.74) is 0.0373. The predicted molar refractivity (Wildman–Crippen MR) is 106 cm³/mol. The van der Waals surface area contributed by atoms with Crippen LogP contribution >= 0.6 is 0 Å². The second-order valence-electron chi connectivity index (χ2n) is 9.24. The maximum Gasteiger partial charge on any atom is 0.338 e. The first-order valence-corrected chi connectivity index (χ1v) is 9.91. The van der Waals surface area contributed by atoms with Crippen LogP contribution in [0.15, 0.2) is 35.9 Å². The van der Waals surface area contributed by atoms with Crippen molar-refractivity contribution in [3.63, 3.8) is 0 Å². The van der Waals surface area contributed by atoms with Crippen molar-refractivity contribution in [3.05, 3.63) is 41.5 Å². The fourth-order valence-corrected chi connectivity index (χ4v) is 5.31. The minimum absolute atomic E-state index is 0.0672. The molecule has 1 aromatic carbocycles. The van der Waals surface area contributed by atoms with Crippen LogP contribution in [0, 0.1) is 16.7 Å². The Labute approximate surface area is 162 Å². The summed E-state index contributed by atoms with van der Waals surface area (Å²) in [6.45, 7) is 10.5. The van der Waals surface area contributed by atoms with E-state index >= 15 is 0 Å². The first-order chi connectivity index (χ1) is 12.5. The Bertz CT molecular complexity index is 750. The van der Waals surface area contributed by atoms with E-state index in [9.17, 15) is 15.0 Å².